The van der Waals surface area contributed by atoms with E-state index in [1.807, 2.05) is 0 Å². The van der Waals surface area contributed by atoms with Crippen LogP contribution in [0.25, 0.3) is 0 Å². The number of hydrogen-bond acceptors (Lipinski definition) is 6. The first-order valence-electron chi connectivity index (χ1n) is 14.6. The first-order valence-corrected chi connectivity index (χ1v) is 14.6. The molecule has 0 atom stereocenters. The van der Waals surface area contributed by atoms with Crippen molar-refractivity contribution in [2.45, 2.75) is 123 Å². The van der Waals surface area contributed by atoms with Gasteiger partial charge in [0.05, 0.1) is 0 Å². The maximum absolute atomic E-state index is 10.2. The van der Waals surface area contributed by atoms with Crippen molar-refractivity contribution in [2.75, 3.05) is 17.2 Å². The predicted molar refractivity (Wildman–Crippen MR) is 165 cm³/mol. The zero-order valence-corrected chi connectivity index (χ0v) is 23.7. The van der Waals surface area contributed by atoms with E-state index in [-0.39, 0.29) is 4.28 Å². The summed E-state index contributed by atoms with van der Waals surface area (Å²) in [4.78, 5) is 30.3. The van der Waals surface area contributed by atoms with Gasteiger partial charge >= 0.3 is 0 Å². The van der Waals surface area contributed by atoms with Gasteiger partial charge in [-0.2, -0.15) is 0 Å². The summed E-state index contributed by atoms with van der Waals surface area (Å²) in [5.74, 6) is 2.12. The van der Waals surface area contributed by atoms with Crippen molar-refractivity contribution in [3.63, 3.8) is 0 Å². The minimum atomic E-state index is 0. The number of aldehydes is 3. The molecule has 0 saturated heterocycles. The number of carbonyl (C=O) groups excluding carboxylic acids is 3. The van der Waals surface area contributed by atoms with Gasteiger partial charge in [0.25, 0.3) is 0 Å². The van der Waals surface area contributed by atoms with E-state index in [2.05, 4.69) is 13.8 Å². The molecule has 2 aliphatic rings. The normalized spacial score (nSPS) is 15.6. The van der Waals surface area contributed by atoms with Crippen molar-refractivity contribution >= 4 is 35.9 Å². The number of anilines is 3. The standard InChI is InChI=1S/C9H18O.2C8H14O.C6H9N3.3H2/c1-3-5-9(6-4-2)7-8-10;2*9-7-6-8-4-2-1-3-5-8;7-4-1-5(8)3-6(9)2-4;;;/h8-9H,3-7H2,1-2H3;2*7-8H,1-6H2;1-3H,7-9H2;3*1H. The van der Waals surface area contributed by atoms with Gasteiger partial charge in [-0.3, -0.25) is 0 Å². The average Bonchev–Trinajstić information content (AvgIpc) is 2.87. The monoisotopic (exact) mass is 523 g/mol. The van der Waals surface area contributed by atoms with E-state index in [1.165, 1.54) is 89.9 Å². The molecular formula is C31H61N3O3. The van der Waals surface area contributed by atoms with Crippen LogP contribution >= 0.6 is 0 Å². The summed E-state index contributed by atoms with van der Waals surface area (Å²) >= 11 is 0. The van der Waals surface area contributed by atoms with Gasteiger partial charge in [-0.05, 0) is 36.0 Å². The molecule has 2 fully saturated rings. The second-order valence-corrected chi connectivity index (χ2v) is 10.6. The van der Waals surface area contributed by atoms with Crippen LogP contribution in [-0.4, -0.2) is 18.9 Å². The third kappa shape index (κ3) is 20.4. The first kappa shape index (κ1) is 34.6. The van der Waals surface area contributed by atoms with Crippen LogP contribution in [0.4, 0.5) is 17.1 Å². The smallest absolute Gasteiger partial charge is 0.120 e. The van der Waals surface area contributed by atoms with Gasteiger partial charge in [0, 0.05) is 40.6 Å². The van der Waals surface area contributed by atoms with Crippen molar-refractivity contribution in [1.29, 1.82) is 0 Å². The lowest BCUT2D eigenvalue weighted by Gasteiger charge is -2.18. The lowest BCUT2D eigenvalue weighted by Crippen LogP contribution is -2.05. The first-order chi connectivity index (χ1) is 17.9. The Kier molecular flexibility index (Phi) is 22.5. The fourth-order valence-electron chi connectivity index (χ4n) is 5.15. The van der Waals surface area contributed by atoms with E-state index in [0.717, 1.165) is 50.0 Å². The number of rotatable bonds is 10. The van der Waals surface area contributed by atoms with Gasteiger partial charge in [-0.25, -0.2) is 0 Å². The Hall–Kier alpha value is -2.37. The Morgan fingerprint density at radius 2 is 1.03 bits per heavy atom. The van der Waals surface area contributed by atoms with Crippen molar-refractivity contribution in [2.24, 2.45) is 17.8 Å². The van der Waals surface area contributed by atoms with Gasteiger partial charge in [0.2, 0.25) is 0 Å². The molecule has 0 spiro atoms. The summed E-state index contributed by atoms with van der Waals surface area (Å²) in [6, 6.07) is 4.99. The van der Waals surface area contributed by atoms with Crippen molar-refractivity contribution in [3.8, 4) is 0 Å². The van der Waals surface area contributed by atoms with Crippen molar-refractivity contribution in [3.05, 3.63) is 18.2 Å². The third-order valence-electron chi connectivity index (χ3n) is 7.13. The summed E-state index contributed by atoms with van der Waals surface area (Å²) in [7, 11) is 0. The highest BCUT2D eigenvalue weighted by Gasteiger charge is 2.12. The summed E-state index contributed by atoms with van der Waals surface area (Å²) in [6.45, 7) is 4.35. The highest BCUT2D eigenvalue weighted by molar-refractivity contribution is 5.61. The highest BCUT2D eigenvalue weighted by Crippen LogP contribution is 2.25. The van der Waals surface area contributed by atoms with Gasteiger partial charge in [-0.15, -0.1) is 0 Å². The van der Waals surface area contributed by atoms with Gasteiger partial charge in [0.1, 0.15) is 18.9 Å². The van der Waals surface area contributed by atoms with Gasteiger partial charge in [0.15, 0.2) is 0 Å². The molecule has 0 unspecified atom stereocenters. The lowest BCUT2D eigenvalue weighted by molar-refractivity contribution is -0.109. The largest absolute Gasteiger partial charge is 0.399 e. The van der Waals surface area contributed by atoms with Gasteiger partial charge in [-0.1, -0.05) is 104 Å². The molecule has 6 heteroatoms. The summed E-state index contributed by atoms with van der Waals surface area (Å²) in [6.07, 6.45) is 23.7. The highest BCUT2D eigenvalue weighted by atomic mass is 16.1. The topological polar surface area (TPSA) is 129 Å². The zero-order valence-electron chi connectivity index (χ0n) is 23.7. The molecule has 2 aliphatic carbocycles. The molecule has 0 bridgehead atoms. The molecule has 0 radical (unpaired) electrons. The molecule has 218 valence electrons. The average molecular weight is 524 g/mol. The van der Waals surface area contributed by atoms with E-state index in [4.69, 9.17) is 17.2 Å². The van der Waals surface area contributed by atoms with Crippen LogP contribution in [0.2, 0.25) is 0 Å². The lowest BCUT2D eigenvalue weighted by atomic mass is 9.87. The van der Waals surface area contributed by atoms with Crippen LogP contribution in [-0.2, 0) is 14.4 Å². The maximum atomic E-state index is 10.2. The molecule has 0 heterocycles. The number of benzene rings is 1. The molecule has 6 N–H and O–H groups in total. The summed E-state index contributed by atoms with van der Waals surface area (Å²) in [5.41, 5.74) is 18.0. The Morgan fingerprint density at radius 3 is 1.30 bits per heavy atom. The second kappa shape index (κ2) is 24.0. The minimum Gasteiger partial charge on any atom is -0.399 e. The van der Waals surface area contributed by atoms with Crippen LogP contribution in [0, 0.1) is 17.8 Å². The van der Waals surface area contributed by atoms with Crippen LogP contribution < -0.4 is 17.2 Å². The van der Waals surface area contributed by atoms with Crippen LogP contribution in [0.5, 0.6) is 0 Å². The molecule has 3 rings (SSSR count). The molecule has 0 aromatic heterocycles. The molecule has 1 aromatic carbocycles. The van der Waals surface area contributed by atoms with E-state index >= 15 is 0 Å². The number of nitrogen functional groups attached to an aromatic ring is 3. The minimum absolute atomic E-state index is 0. The predicted octanol–water partition coefficient (Wildman–Crippen LogP) is 8.27. The Labute approximate surface area is 231 Å². The number of nitrogens with two attached hydrogens (primary N) is 3. The van der Waals surface area contributed by atoms with Crippen molar-refractivity contribution in [1.82, 2.24) is 0 Å². The Balaban J connectivity index is -0.000000211. The Morgan fingerprint density at radius 1 is 0.676 bits per heavy atom. The third-order valence-corrected chi connectivity index (χ3v) is 7.13. The molecular weight excluding hydrogens is 462 g/mol. The fraction of sp³-hybridized carbons (Fsp3) is 0.710. The SMILES string of the molecule is CCCC(CC=O)CCC.Nc1cc(N)cc(N)c1.O=CCC1CCCCC1.O=CCC1CCCCC1.[HH].[HH].[HH]. The molecule has 1 aromatic rings. The molecule has 0 amide bonds. The number of carbonyl (C=O) groups is 3. The van der Waals surface area contributed by atoms with E-state index in [9.17, 15) is 14.4 Å². The number of hydrogen-bond donors (Lipinski definition) is 3. The molecule has 0 aliphatic heterocycles. The Bertz CT molecular complexity index is 634. The van der Waals surface area contributed by atoms with Crippen molar-refractivity contribution < 1.29 is 18.7 Å². The summed E-state index contributed by atoms with van der Waals surface area (Å²) < 4.78 is 0. The fourth-order valence-corrected chi connectivity index (χ4v) is 5.15. The van der Waals surface area contributed by atoms with Crippen LogP contribution in [0.3, 0.4) is 0 Å². The maximum Gasteiger partial charge on any atom is 0.120 e. The van der Waals surface area contributed by atoms with Crippen LogP contribution in [0.15, 0.2) is 18.2 Å². The quantitative estimate of drug-likeness (QED) is 0.209. The molecule has 6 nitrogen and oxygen atoms in total. The molecule has 2 saturated carbocycles. The summed E-state index contributed by atoms with van der Waals surface area (Å²) in [5, 5.41) is 0. The van der Waals surface area contributed by atoms with E-state index < -0.39 is 0 Å². The zero-order chi connectivity index (χ0) is 27.7. The van der Waals surface area contributed by atoms with E-state index in [1.54, 1.807) is 18.2 Å². The van der Waals surface area contributed by atoms with E-state index in [0.29, 0.717) is 23.0 Å². The van der Waals surface area contributed by atoms with Gasteiger partial charge < -0.3 is 31.6 Å². The van der Waals surface area contributed by atoms with Crippen LogP contribution in [0.1, 0.15) is 127 Å². The molecule has 37 heavy (non-hydrogen) atoms. The second-order valence-electron chi connectivity index (χ2n) is 10.6.